The molecule has 88 valence electrons. The molecule has 0 bridgehead atoms. The van der Waals surface area contributed by atoms with Gasteiger partial charge in [-0.2, -0.15) is 0 Å². The summed E-state index contributed by atoms with van der Waals surface area (Å²) in [6.45, 7) is 0.871. The minimum absolute atomic E-state index is 0.133. The summed E-state index contributed by atoms with van der Waals surface area (Å²) in [5.41, 5.74) is 0. The van der Waals surface area contributed by atoms with E-state index in [2.05, 4.69) is 31.9 Å². The summed E-state index contributed by atoms with van der Waals surface area (Å²) in [7, 11) is 1.89. The zero-order valence-corrected chi connectivity index (χ0v) is 12.9. The maximum Gasteiger partial charge on any atom is 0.263 e. The Kier molecular flexibility index (Phi) is 4.08. The Morgan fingerprint density at radius 1 is 1.56 bits per heavy atom. The molecule has 1 saturated carbocycles. The van der Waals surface area contributed by atoms with E-state index >= 15 is 0 Å². The van der Waals surface area contributed by atoms with Crippen molar-refractivity contribution in [1.29, 1.82) is 0 Å². The van der Waals surface area contributed by atoms with Crippen molar-refractivity contribution in [3.8, 4) is 0 Å². The van der Waals surface area contributed by atoms with Crippen LogP contribution in [0.1, 0.15) is 22.5 Å². The number of alkyl halides is 1. The Morgan fingerprint density at radius 2 is 2.25 bits per heavy atom. The van der Waals surface area contributed by atoms with Gasteiger partial charge in [-0.1, -0.05) is 15.9 Å². The number of nitrogens with zero attached hydrogens (tertiary/aromatic N) is 1. The molecule has 1 amide bonds. The molecule has 1 aromatic heterocycles. The van der Waals surface area contributed by atoms with Crippen LogP contribution in [0.15, 0.2) is 15.9 Å². The fraction of sp³-hybridized carbons (Fsp3) is 0.545. The molecule has 0 aliphatic heterocycles. The molecule has 1 aliphatic rings. The largest absolute Gasteiger partial charge is 0.341 e. The van der Waals surface area contributed by atoms with Crippen LogP contribution < -0.4 is 0 Å². The first kappa shape index (κ1) is 12.6. The van der Waals surface area contributed by atoms with Crippen LogP contribution in [0.25, 0.3) is 0 Å². The number of carbonyl (C=O) groups excluding carboxylic acids is 1. The highest BCUT2D eigenvalue weighted by Gasteiger charge is 2.29. The third-order valence-corrected chi connectivity index (χ3v) is 5.20. The predicted molar refractivity (Wildman–Crippen MR) is 74.4 cm³/mol. The molecule has 0 radical (unpaired) electrons. The van der Waals surface area contributed by atoms with Crippen molar-refractivity contribution in [2.45, 2.75) is 17.7 Å². The van der Waals surface area contributed by atoms with Gasteiger partial charge in [-0.3, -0.25) is 4.79 Å². The smallest absolute Gasteiger partial charge is 0.263 e. The molecule has 2 nitrogen and oxygen atoms in total. The van der Waals surface area contributed by atoms with Crippen LogP contribution in [-0.2, 0) is 0 Å². The topological polar surface area (TPSA) is 20.3 Å². The molecule has 0 spiro atoms. The van der Waals surface area contributed by atoms with Gasteiger partial charge in [0.25, 0.3) is 5.91 Å². The number of hydrogen-bond donors (Lipinski definition) is 0. The molecule has 0 N–H and O–H groups in total. The van der Waals surface area contributed by atoms with E-state index in [0.29, 0.717) is 10.7 Å². The van der Waals surface area contributed by atoms with E-state index < -0.39 is 0 Å². The lowest BCUT2D eigenvalue weighted by molar-refractivity contribution is 0.0753. The maximum absolute atomic E-state index is 12.0. The molecule has 1 aromatic rings. The summed E-state index contributed by atoms with van der Waals surface area (Å²) < 4.78 is 1.01. The summed E-state index contributed by atoms with van der Waals surface area (Å²) in [4.78, 5) is 15.3. The van der Waals surface area contributed by atoms with Crippen LogP contribution in [0.2, 0.25) is 0 Å². The molecule has 0 unspecified atom stereocenters. The normalized spacial score (nSPS) is 23.9. The molecule has 0 atom stereocenters. The van der Waals surface area contributed by atoms with Crippen LogP contribution >= 0.6 is 43.2 Å². The van der Waals surface area contributed by atoms with Gasteiger partial charge in [-0.25, -0.2) is 0 Å². The lowest BCUT2D eigenvalue weighted by Crippen LogP contribution is -2.37. The number of rotatable bonds is 3. The maximum atomic E-state index is 12.0. The second-order valence-corrected chi connectivity index (χ2v) is 7.98. The van der Waals surface area contributed by atoms with Crippen molar-refractivity contribution in [1.82, 2.24) is 4.90 Å². The quantitative estimate of drug-likeness (QED) is 0.746. The van der Waals surface area contributed by atoms with Crippen molar-refractivity contribution in [3.63, 3.8) is 0 Å². The second-order valence-electron chi connectivity index (χ2n) is 4.22. The van der Waals surface area contributed by atoms with Gasteiger partial charge >= 0.3 is 0 Å². The fourth-order valence-electron chi connectivity index (χ4n) is 1.89. The third kappa shape index (κ3) is 2.87. The Morgan fingerprint density at radius 3 is 2.75 bits per heavy atom. The Balaban J connectivity index is 1.89. The van der Waals surface area contributed by atoms with E-state index in [1.165, 1.54) is 24.2 Å². The van der Waals surface area contributed by atoms with E-state index in [4.69, 9.17) is 0 Å². The molecule has 1 aliphatic carbocycles. The van der Waals surface area contributed by atoms with E-state index in [1.807, 2.05) is 24.1 Å². The standard InChI is InChI=1S/C11H13Br2NOS/c1-14(6-7-4-8(12)5-7)11(15)9-2-3-10(13)16-9/h2-3,7-8H,4-6H2,1H3. The van der Waals surface area contributed by atoms with E-state index in [0.717, 1.165) is 15.2 Å². The molecule has 1 heterocycles. The highest BCUT2D eigenvalue weighted by atomic mass is 79.9. The van der Waals surface area contributed by atoms with E-state index in [9.17, 15) is 4.79 Å². The highest BCUT2D eigenvalue weighted by molar-refractivity contribution is 9.11. The van der Waals surface area contributed by atoms with Crippen molar-refractivity contribution < 1.29 is 4.79 Å². The first-order chi connectivity index (χ1) is 7.56. The van der Waals surface area contributed by atoms with Gasteiger partial charge in [0, 0.05) is 18.4 Å². The number of thiophene rings is 1. The first-order valence-corrected chi connectivity index (χ1v) is 7.73. The summed E-state index contributed by atoms with van der Waals surface area (Å²) >= 11 is 8.44. The predicted octanol–water partition coefficient (Wildman–Crippen LogP) is 3.76. The fourth-order valence-corrected chi connectivity index (χ4v) is 4.33. The minimum atomic E-state index is 0.133. The molecule has 0 aromatic carbocycles. The Labute approximate surface area is 116 Å². The van der Waals surface area contributed by atoms with Gasteiger partial charge in [0.05, 0.1) is 8.66 Å². The van der Waals surface area contributed by atoms with Crippen molar-refractivity contribution in [3.05, 3.63) is 20.8 Å². The van der Waals surface area contributed by atoms with Gasteiger partial charge in [0.2, 0.25) is 0 Å². The SMILES string of the molecule is CN(CC1CC(Br)C1)C(=O)c1ccc(Br)s1. The van der Waals surface area contributed by atoms with Crippen LogP contribution in [0.3, 0.4) is 0 Å². The minimum Gasteiger partial charge on any atom is -0.341 e. The summed E-state index contributed by atoms with van der Waals surface area (Å²) in [6.07, 6.45) is 2.37. The molecular weight excluding hydrogens is 354 g/mol. The van der Waals surface area contributed by atoms with Crippen LogP contribution in [0, 0.1) is 5.92 Å². The molecule has 5 heteroatoms. The molecule has 1 fully saturated rings. The third-order valence-electron chi connectivity index (χ3n) is 2.84. The van der Waals surface area contributed by atoms with E-state index in [1.54, 1.807) is 0 Å². The highest BCUT2D eigenvalue weighted by Crippen LogP contribution is 2.34. The average molecular weight is 367 g/mol. The summed E-state index contributed by atoms with van der Waals surface area (Å²) in [5.74, 6) is 0.801. The number of amides is 1. The Bertz CT molecular complexity index is 387. The molecule has 2 rings (SSSR count). The van der Waals surface area contributed by atoms with Gasteiger partial charge in [-0.15, -0.1) is 11.3 Å². The van der Waals surface area contributed by atoms with Crippen molar-refractivity contribution in [2.75, 3.05) is 13.6 Å². The first-order valence-electron chi connectivity index (χ1n) is 5.21. The Hall–Kier alpha value is 0.130. The van der Waals surface area contributed by atoms with Crippen molar-refractivity contribution in [2.24, 2.45) is 5.92 Å². The number of halogens is 2. The second kappa shape index (κ2) is 5.19. The van der Waals surface area contributed by atoms with Gasteiger partial charge in [0.1, 0.15) is 0 Å². The lowest BCUT2D eigenvalue weighted by Gasteiger charge is -2.34. The van der Waals surface area contributed by atoms with Crippen LogP contribution in [0.4, 0.5) is 0 Å². The molecule has 0 saturated heterocycles. The van der Waals surface area contributed by atoms with Crippen molar-refractivity contribution >= 4 is 49.1 Å². The lowest BCUT2D eigenvalue weighted by atomic mass is 9.85. The van der Waals surface area contributed by atoms with Gasteiger partial charge in [0.15, 0.2) is 0 Å². The monoisotopic (exact) mass is 365 g/mol. The molecule has 16 heavy (non-hydrogen) atoms. The zero-order valence-electron chi connectivity index (χ0n) is 8.95. The van der Waals surface area contributed by atoms with Gasteiger partial charge < -0.3 is 4.90 Å². The average Bonchev–Trinajstić information content (AvgIpc) is 2.61. The van der Waals surface area contributed by atoms with Gasteiger partial charge in [-0.05, 0) is 46.8 Å². The summed E-state index contributed by atoms with van der Waals surface area (Å²) in [5, 5.41) is 0. The van der Waals surface area contributed by atoms with E-state index in [-0.39, 0.29) is 5.91 Å². The van der Waals surface area contributed by atoms with Crippen LogP contribution in [0.5, 0.6) is 0 Å². The van der Waals surface area contributed by atoms with Crippen LogP contribution in [-0.4, -0.2) is 29.2 Å². The number of hydrogen-bond acceptors (Lipinski definition) is 2. The zero-order chi connectivity index (χ0) is 11.7. The molecular formula is C11H13Br2NOS. The number of carbonyl (C=O) groups is 1. The summed E-state index contributed by atoms with van der Waals surface area (Å²) in [6, 6.07) is 3.80.